The summed E-state index contributed by atoms with van der Waals surface area (Å²) < 4.78 is 43.6. The van der Waals surface area contributed by atoms with Crippen molar-refractivity contribution in [3.05, 3.63) is 64.7 Å². The molecule has 1 saturated heterocycles. The van der Waals surface area contributed by atoms with Crippen molar-refractivity contribution in [1.29, 1.82) is 0 Å². The van der Waals surface area contributed by atoms with Gasteiger partial charge in [-0.1, -0.05) is 12.1 Å². The molecule has 0 unspecified atom stereocenters. The lowest BCUT2D eigenvalue weighted by atomic mass is 10.0. The van der Waals surface area contributed by atoms with Crippen LogP contribution in [0.1, 0.15) is 39.9 Å². The van der Waals surface area contributed by atoms with E-state index in [9.17, 15) is 22.8 Å². The van der Waals surface area contributed by atoms with Crippen LogP contribution in [0.3, 0.4) is 0 Å². The summed E-state index contributed by atoms with van der Waals surface area (Å²) in [5.41, 5.74) is 1.51. The Kier molecular flexibility index (Phi) is 6.87. The third-order valence-electron chi connectivity index (χ3n) is 5.52. The van der Waals surface area contributed by atoms with Crippen LogP contribution in [0.15, 0.2) is 42.5 Å². The second kappa shape index (κ2) is 9.41. The zero-order valence-corrected chi connectivity index (χ0v) is 17.5. The van der Waals surface area contributed by atoms with E-state index in [4.69, 9.17) is 4.74 Å². The Hall–Kier alpha value is -3.03. The maximum Gasteiger partial charge on any atom is 0.416 e. The first-order valence-electron chi connectivity index (χ1n) is 10.1. The minimum atomic E-state index is -4.43. The third kappa shape index (κ3) is 5.77. The van der Waals surface area contributed by atoms with Crippen molar-refractivity contribution in [2.45, 2.75) is 38.9 Å². The lowest BCUT2D eigenvalue weighted by Gasteiger charge is -2.32. The van der Waals surface area contributed by atoms with Gasteiger partial charge >= 0.3 is 6.18 Å². The normalized spacial score (nSPS) is 14.9. The molecule has 3 rings (SSSR count). The van der Waals surface area contributed by atoms with Crippen LogP contribution in [0, 0.1) is 13.8 Å². The van der Waals surface area contributed by atoms with E-state index in [2.05, 4.69) is 5.32 Å². The summed E-state index contributed by atoms with van der Waals surface area (Å²) in [5, 5.41) is 2.92. The maximum absolute atomic E-state index is 12.7. The van der Waals surface area contributed by atoms with E-state index < -0.39 is 11.7 Å². The average Bonchev–Trinajstić information content (AvgIpc) is 2.74. The molecule has 0 atom stereocenters. The summed E-state index contributed by atoms with van der Waals surface area (Å²) in [6.07, 6.45) is -3.29. The predicted molar refractivity (Wildman–Crippen MR) is 110 cm³/mol. The van der Waals surface area contributed by atoms with Gasteiger partial charge in [0, 0.05) is 24.7 Å². The maximum atomic E-state index is 12.7. The van der Waals surface area contributed by atoms with Gasteiger partial charge in [0.05, 0.1) is 5.56 Å². The lowest BCUT2D eigenvalue weighted by Crippen LogP contribution is -2.47. The smallest absolute Gasteiger partial charge is 0.416 e. The number of carbonyl (C=O) groups excluding carboxylic acids is 2. The molecule has 0 saturated carbocycles. The molecule has 2 aromatic carbocycles. The number of benzene rings is 2. The summed E-state index contributed by atoms with van der Waals surface area (Å²) in [5.74, 6) is 0.136. The number of hydrogen-bond donors (Lipinski definition) is 1. The number of nitrogens with zero attached hydrogens (tertiary/aromatic N) is 1. The molecule has 1 heterocycles. The van der Waals surface area contributed by atoms with E-state index >= 15 is 0 Å². The molecule has 0 aliphatic carbocycles. The Morgan fingerprint density at radius 2 is 1.71 bits per heavy atom. The predicted octanol–water partition coefficient (Wildman–Crippen LogP) is 4.12. The Morgan fingerprint density at radius 3 is 2.32 bits per heavy atom. The van der Waals surface area contributed by atoms with Gasteiger partial charge in [0.1, 0.15) is 5.75 Å². The highest BCUT2D eigenvalue weighted by molar-refractivity contribution is 5.94. The number of ether oxygens (including phenoxy) is 1. The highest BCUT2D eigenvalue weighted by atomic mass is 19.4. The number of piperidine rings is 1. The van der Waals surface area contributed by atoms with Gasteiger partial charge in [-0.25, -0.2) is 0 Å². The number of amides is 2. The van der Waals surface area contributed by atoms with Gasteiger partial charge in [0.25, 0.3) is 11.8 Å². The fourth-order valence-electron chi connectivity index (χ4n) is 3.50. The lowest BCUT2D eigenvalue weighted by molar-refractivity contribution is -0.137. The van der Waals surface area contributed by atoms with Crippen molar-refractivity contribution in [2.75, 3.05) is 19.7 Å². The van der Waals surface area contributed by atoms with E-state index in [0.717, 1.165) is 23.3 Å². The molecular weight excluding hydrogens is 409 g/mol. The number of aryl methyl sites for hydroxylation is 1. The van der Waals surface area contributed by atoms with Crippen LogP contribution >= 0.6 is 0 Å². The molecule has 0 spiro atoms. The fourth-order valence-corrected chi connectivity index (χ4v) is 3.50. The van der Waals surface area contributed by atoms with Gasteiger partial charge in [-0.15, -0.1) is 0 Å². The summed E-state index contributed by atoms with van der Waals surface area (Å²) >= 11 is 0. The van der Waals surface area contributed by atoms with Crippen LogP contribution < -0.4 is 10.1 Å². The molecule has 1 aliphatic rings. The first-order valence-corrected chi connectivity index (χ1v) is 10.1. The van der Waals surface area contributed by atoms with Crippen molar-refractivity contribution in [2.24, 2.45) is 0 Å². The average molecular weight is 434 g/mol. The molecule has 0 bridgehead atoms. The number of carbonyl (C=O) groups is 2. The highest BCUT2D eigenvalue weighted by Gasteiger charge is 2.31. The van der Waals surface area contributed by atoms with Gasteiger partial charge < -0.3 is 15.0 Å². The summed E-state index contributed by atoms with van der Waals surface area (Å²) in [4.78, 5) is 26.4. The Morgan fingerprint density at radius 1 is 1.06 bits per heavy atom. The molecule has 0 radical (unpaired) electrons. The molecule has 166 valence electrons. The third-order valence-corrected chi connectivity index (χ3v) is 5.52. The molecule has 8 heteroatoms. The van der Waals surface area contributed by atoms with Gasteiger partial charge in [0.15, 0.2) is 6.61 Å². The molecule has 5 nitrogen and oxygen atoms in total. The van der Waals surface area contributed by atoms with Crippen LogP contribution in [0.25, 0.3) is 0 Å². The number of rotatable bonds is 5. The van der Waals surface area contributed by atoms with E-state index in [1.54, 1.807) is 4.90 Å². The molecule has 2 aromatic rings. The summed E-state index contributed by atoms with van der Waals surface area (Å²) in [7, 11) is 0. The summed E-state index contributed by atoms with van der Waals surface area (Å²) in [6.45, 7) is 4.66. The first-order chi connectivity index (χ1) is 14.6. The van der Waals surface area contributed by atoms with E-state index in [0.29, 0.717) is 31.7 Å². The second-order valence-electron chi connectivity index (χ2n) is 7.70. The Bertz CT molecular complexity index is 934. The molecule has 1 N–H and O–H groups in total. The highest BCUT2D eigenvalue weighted by Crippen LogP contribution is 2.29. The zero-order chi connectivity index (χ0) is 22.6. The quantitative estimate of drug-likeness (QED) is 0.770. The molecular formula is C23H25F3N2O3. The Labute approximate surface area is 179 Å². The van der Waals surface area contributed by atoms with Crippen molar-refractivity contribution in [3.63, 3.8) is 0 Å². The fraction of sp³-hybridized carbons (Fsp3) is 0.391. The molecule has 2 amide bonds. The molecule has 31 heavy (non-hydrogen) atoms. The topological polar surface area (TPSA) is 58.6 Å². The number of likely N-dealkylation sites (tertiary alicyclic amines) is 1. The summed E-state index contributed by atoms with van der Waals surface area (Å²) in [6, 6.07) is 9.81. The van der Waals surface area contributed by atoms with Crippen LogP contribution in [-0.2, 0) is 11.0 Å². The second-order valence-corrected chi connectivity index (χ2v) is 7.70. The minimum absolute atomic E-state index is 0.0774. The number of nitrogens with one attached hydrogen (secondary N) is 1. The number of halogens is 3. The van der Waals surface area contributed by atoms with Gasteiger partial charge in [-0.2, -0.15) is 13.2 Å². The number of hydrogen-bond acceptors (Lipinski definition) is 3. The molecule has 0 aromatic heterocycles. The monoisotopic (exact) mass is 434 g/mol. The SMILES string of the molecule is Cc1cccc(OCC(=O)NC2CCN(C(=O)c3ccc(C(F)(F)F)cc3)CC2)c1C. The Balaban J connectivity index is 1.46. The number of alkyl halides is 3. The standard InChI is InChI=1S/C23H25F3N2O3/c1-15-4-3-5-20(16(15)2)31-14-21(29)27-19-10-12-28(13-11-19)22(30)17-6-8-18(9-7-17)23(24,25)26/h3-9,19H,10-14H2,1-2H3,(H,27,29). The van der Waals surface area contributed by atoms with Gasteiger partial charge in [-0.05, 0) is 68.1 Å². The van der Waals surface area contributed by atoms with Crippen LogP contribution in [0.2, 0.25) is 0 Å². The molecule has 1 fully saturated rings. The van der Waals surface area contributed by atoms with Gasteiger partial charge in [0.2, 0.25) is 0 Å². The van der Waals surface area contributed by atoms with E-state index in [1.807, 2.05) is 32.0 Å². The largest absolute Gasteiger partial charge is 0.483 e. The van der Waals surface area contributed by atoms with E-state index in [1.165, 1.54) is 12.1 Å². The minimum Gasteiger partial charge on any atom is -0.483 e. The van der Waals surface area contributed by atoms with Gasteiger partial charge in [-0.3, -0.25) is 9.59 Å². The van der Waals surface area contributed by atoms with Crippen molar-refractivity contribution in [1.82, 2.24) is 10.2 Å². The molecule has 1 aliphatic heterocycles. The van der Waals surface area contributed by atoms with Crippen LogP contribution in [0.4, 0.5) is 13.2 Å². The van der Waals surface area contributed by atoms with Crippen LogP contribution in [0.5, 0.6) is 5.75 Å². The first kappa shape index (κ1) is 22.7. The van der Waals surface area contributed by atoms with Crippen molar-refractivity contribution in [3.8, 4) is 5.75 Å². The van der Waals surface area contributed by atoms with Crippen molar-refractivity contribution < 1.29 is 27.5 Å². The van der Waals surface area contributed by atoms with Crippen LogP contribution in [-0.4, -0.2) is 42.5 Å². The van der Waals surface area contributed by atoms with Crippen molar-refractivity contribution >= 4 is 11.8 Å². The zero-order valence-electron chi connectivity index (χ0n) is 17.5. The van der Waals surface area contributed by atoms with E-state index in [-0.39, 0.29) is 30.0 Å².